The van der Waals surface area contributed by atoms with Crippen LogP contribution in [0.25, 0.3) is 6.08 Å². The molecule has 4 N–H and O–H groups in total. The lowest BCUT2D eigenvalue weighted by Gasteiger charge is -2.20. The van der Waals surface area contributed by atoms with E-state index in [0.717, 1.165) is 31.2 Å². The van der Waals surface area contributed by atoms with Crippen LogP contribution < -0.4 is 25.7 Å². The maximum Gasteiger partial charge on any atom is 0.426 e. The van der Waals surface area contributed by atoms with Crippen LogP contribution in [0.4, 0.5) is 20.2 Å². The summed E-state index contributed by atoms with van der Waals surface area (Å²) in [5.74, 6) is 0.0768. The van der Waals surface area contributed by atoms with E-state index >= 15 is 0 Å². The maximum absolute atomic E-state index is 14.9. The van der Waals surface area contributed by atoms with Gasteiger partial charge in [-0.2, -0.15) is 8.78 Å². The van der Waals surface area contributed by atoms with Gasteiger partial charge in [0.05, 0.1) is 25.9 Å². The van der Waals surface area contributed by atoms with Gasteiger partial charge in [-0.05, 0) is 85.4 Å². The first-order valence-electron chi connectivity index (χ1n) is 13.2. The Morgan fingerprint density at radius 3 is 2.40 bits per heavy atom. The quantitative estimate of drug-likeness (QED) is 0.0927. The van der Waals surface area contributed by atoms with E-state index in [1.165, 1.54) is 43.5 Å². The van der Waals surface area contributed by atoms with E-state index in [1.54, 1.807) is 24.3 Å². The first-order valence-corrected chi connectivity index (χ1v) is 13.2. The van der Waals surface area contributed by atoms with Gasteiger partial charge in [0.2, 0.25) is 0 Å². The molecule has 7 nitrogen and oxygen atoms in total. The van der Waals surface area contributed by atoms with Gasteiger partial charge < -0.3 is 30.4 Å². The Bertz CT molecular complexity index is 1280. The van der Waals surface area contributed by atoms with Crippen molar-refractivity contribution in [3.05, 3.63) is 83.4 Å². The third-order valence-corrected chi connectivity index (χ3v) is 6.05. The van der Waals surface area contributed by atoms with Crippen molar-refractivity contribution in [2.45, 2.75) is 45.1 Å². The fourth-order valence-electron chi connectivity index (χ4n) is 3.79. The van der Waals surface area contributed by atoms with E-state index in [-0.39, 0.29) is 23.7 Å². The number of carbonyl (C=O) groups excluding carboxylic acids is 1. The van der Waals surface area contributed by atoms with Crippen molar-refractivity contribution in [2.24, 2.45) is 0 Å². The Kier molecular flexibility index (Phi) is 11.2. The number of unbranched alkanes of at least 4 members (excludes halogenated alkanes) is 2. The third kappa shape index (κ3) is 9.18. The zero-order valence-corrected chi connectivity index (χ0v) is 22.8. The Morgan fingerprint density at radius 2 is 1.70 bits per heavy atom. The van der Waals surface area contributed by atoms with E-state index in [9.17, 15) is 13.6 Å². The predicted molar refractivity (Wildman–Crippen MR) is 153 cm³/mol. The highest BCUT2D eigenvalue weighted by Crippen LogP contribution is 2.37. The van der Waals surface area contributed by atoms with E-state index in [2.05, 4.69) is 0 Å². The summed E-state index contributed by atoms with van der Waals surface area (Å²) in [7, 11) is 1.40. The van der Waals surface area contributed by atoms with Crippen LogP contribution in [0, 0.1) is 0 Å². The zero-order chi connectivity index (χ0) is 29.0. The number of nitrogen functional groups attached to an aromatic ring is 2. The number of benzene rings is 3. The van der Waals surface area contributed by atoms with Crippen LogP contribution in [0.2, 0.25) is 0 Å². The minimum absolute atomic E-state index is 0.0336. The Hall–Kier alpha value is -4.27. The van der Waals surface area contributed by atoms with Crippen molar-refractivity contribution >= 4 is 23.4 Å². The maximum atomic E-state index is 14.9. The highest BCUT2D eigenvalue weighted by molar-refractivity contribution is 5.87. The van der Waals surface area contributed by atoms with Crippen LogP contribution >= 0.6 is 0 Å². The molecule has 0 unspecified atom stereocenters. The van der Waals surface area contributed by atoms with Gasteiger partial charge in [0.15, 0.2) is 11.5 Å². The fraction of sp³-hybridized carbons (Fsp3) is 0.323. The molecule has 0 heterocycles. The molecule has 3 rings (SSSR count). The zero-order valence-electron chi connectivity index (χ0n) is 22.8. The normalized spacial score (nSPS) is 11.4. The van der Waals surface area contributed by atoms with Crippen molar-refractivity contribution in [1.29, 1.82) is 0 Å². The second kappa shape index (κ2) is 14.8. The second-order valence-electron chi connectivity index (χ2n) is 9.17. The second-order valence-corrected chi connectivity index (χ2v) is 9.17. The number of carbonyl (C=O) groups is 1. The number of hydrogen-bond acceptors (Lipinski definition) is 7. The van der Waals surface area contributed by atoms with E-state index in [4.69, 9.17) is 30.4 Å². The van der Waals surface area contributed by atoms with E-state index in [1.807, 2.05) is 19.1 Å². The lowest BCUT2D eigenvalue weighted by molar-refractivity contribution is -0.185. The smallest absolute Gasteiger partial charge is 0.426 e. The van der Waals surface area contributed by atoms with Crippen molar-refractivity contribution in [1.82, 2.24) is 0 Å². The van der Waals surface area contributed by atoms with Crippen LogP contribution in [0.15, 0.2) is 66.7 Å². The number of anilines is 2. The average molecular weight is 555 g/mol. The molecule has 0 bridgehead atoms. The lowest BCUT2D eigenvalue weighted by atomic mass is 10.1. The van der Waals surface area contributed by atoms with Gasteiger partial charge in [-0.15, -0.1) is 0 Å². The molecule has 0 aromatic heterocycles. The van der Waals surface area contributed by atoms with Crippen LogP contribution in [0.5, 0.6) is 17.2 Å². The molecule has 0 aliphatic rings. The molecule has 9 heteroatoms. The van der Waals surface area contributed by atoms with Crippen LogP contribution in [0.3, 0.4) is 0 Å². The van der Waals surface area contributed by atoms with Crippen LogP contribution in [0.1, 0.15) is 49.3 Å². The summed E-state index contributed by atoms with van der Waals surface area (Å²) >= 11 is 0. The highest BCUT2D eigenvalue weighted by atomic mass is 19.3. The summed E-state index contributed by atoms with van der Waals surface area (Å²) in [4.78, 5) is 12.0. The number of esters is 1. The Balaban J connectivity index is 1.46. The first-order chi connectivity index (χ1) is 19.2. The molecule has 0 saturated heterocycles. The highest BCUT2D eigenvalue weighted by Gasteiger charge is 2.35. The monoisotopic (exact) mass is 554 g/mol. The molecular formula is C31H36F2N2O5. The van der Waals surface area contributed by atoms with Gasteiger partial charge in [-0.3, -0.25) is 0 Å². The molecule has 0 amide bonds. The van der Waals surface area contributed by atoms with Gasteiger partial charge in [0, 0.05) is 17.5 Å². The molecular weight excluding hydrogens is 518 g/mol. The van der Waals surface area contributed by atoms with Gasteiger partial charge >= 0.3 is 12.1 Å². The van der Waals surface area contributed by atoms with Crippen molar-refractivity contribution in [3.63, 3.8) is 0 Å². The molecule has 0 atom stereocenters. The number of halogens is 2. The SMILES string of the molecule is CCCCOc1ccc(C(F)(F)Oc2ccc(/C=C/C(=O)OCCCCc3ccc(N)cc3N)cc2)cc1OC. The molecule has 214 valence electrons. The summed E-state index contributed by atoms with van der Waals surface area (Å²) in [6.45, 7) is 2.78. The molecule has 0 saturated carbocycles. The summed E-state index contributed by atoms with van der Waals surface area (Å²) in [5, 5.41) is 0. The summed E-state index contributed by atoms with van der Waals surface area (Å²) in [6, 6.07) is 15.3. The van der Waals surface area contributed by atoms with E-state index in [0.29, 0.717) is 35.7 Å². The number of nitrogens with two attached hydrogens (primary N) is 2. The summed E-state index contributed by atoms with van der Waals surface area (Å²) in [6.07, 6.45) is 3.29. The number of aryl methyl sites for hydroxylation is 1. The third-order valence-electron chi connectivity index (χ3n) is 6.05. The average Bonchev–Trinajstić information content (AvgIpc) is 2.93. The van der Waals surface area contributed by atoms with Gasteiger partial charge in [0.25, 0.3) is 0 Å². The topological polar surface area (TPSA) is 106 Å². The molecule has 0 spiro atoms. The van der Waals surface area contributed by atoms with Crippen LogP contribution in [-0.2, 0) is 22.1 Å². The van der Waals surface area contributed by atoms with Gasteiger partial charge in [-0.1, -0.05) is 31.5 Å². The minimum atomic E-state index is -3.60. The molecule has 3 aromatic carbocycles. The first kappa shape index (κ1) is 30.3. The largest absolute Gasteiger partial charge is 0.493 e. The minimum Gasteiger partial charge on any atom is -0.493 e. The molecule has 0 fully saturated rings. The van der Waals surface area contributed by atoms with Crippen molar-refractivity contribution < 1.29 is 32.5 Å². The van der Waals surface area contributed by atoms with Gasteiger partial charge in [-0.25, -0.2) is 4.79 Å². The predicted octanol–water partition coefficient (Wildman–Crippen LogP) is 6.75. The van der Waals surface area contributed by atoms with Crippen molar-refractivity contribution in [2.75, 3.05) is 31.8 Å². The number of ether oxygens (including phenoxy) is 4. The van der Waals surface area contributed by atoms with Gasteiger partial charge in [0.1, 0.15) is 5.75 Å². The lowest BCUT2D eigenvalue weighted by Crippen LogP contribution is -2.22. The molecule has 0 radical (unpaired) electrons. The molecule has 0 aliphatic heterocycles. The summed E-state index contributed by atoms with van der Waals surface area (Å²) < 4.78 is 50.7. The molecule has 0 aliphatic carbocycles. The number of methoxy groups -OCH3 is 1. The Morgan fingerprint density at radius 1 is 0.925 bits per heavy atom. The summed E-state index contributed by atoms with van der Waals surface area (Å²) in [5.41, 5.74) is 14.2. The van der Waals surface area contributed by atoms with Crippen molar-refractivity contribution in [3.8, 4) is 17.2 Å². The number of alkyl halides is 2. The van der Waals surface area contributed by atoms with Crippen LogP contribution in [-0.4, -0.2) is 26.3 Å². The van der Waals surface area contributed by atoms with E-state index < -0.39 is 12.1 Å². The standard InChI is InChI=1S/C31H36F2N2O5/c1-3-4-18-38-28-16-12-24(20-29(28)37-2)31(32,33)40-26-14-8-22(9-15-26)10-17-30(36)39-19-6-5-7-23-11-13-25(34)21-27(23)35/h8-17,20-21H,3-7,18-19,34-35H2,1-2H3/b17-10+. The molecule has 3 aromatic rings. The fourth-order valence-corrected chi connectivity index (χ4v) is 3.79. The Labute approximate surface area is 233 Å². The number of rotatable bonds is 15. The number of hydrogen-bond donors (Lipinski definition) is 2. The molecule has 40 heavy (non-hydrogen) atoms.